The van der Waals surface area contributed by atoms with Crippen LogP contribution in [0.2, 0.25) is 0 Å². The van der Waals surface area contributed by atoms with Crippen LogP contribution in [0, 0.1) is 19.9 Å². The minimum Gasteiger partial charge on any atom is -0.390 e. The van der Waals surface area contributed by atoms with Crippen molar-refractivity contribution in [2.75, 3.05) is 13.7 Å². The maximum atomic E-state index is 9.89. The summed E-state index contributed by atoms with van der Waals surface area (Å²) in [6.07, 6.45) is 0.00816. The van der Waals surface area contributed by atoms with E-state index in [0.717, 1.165) is 28.1 Å². The number of rotatable bonds is 5. The molecule has 0 spiro atoms. The van der Waals surface area contributed by atoms with E-state index in [1.165, 1.54) is 0 Å². The predicted molar refractivity (Wildman–Crippen MR) is 73.9 cm³/mol. The van der Waals surface area contributed by atoms with Crippen molar-refractivity contribution in [2.24, 2.45) is 0 Å². The van der Waals surface area contributed by atoms with Crippen LogP contribution in [0.3, 0.4) is 0 Å². The van der Waals surface area contributed by atoms with Gasteiger partial charge in [0.05, 0.1) is 18.4 Å². The molecule has 2 N–H and O–H groups in total. The van der Waals surface area contributed by atoms with Crippen molar-refractivity contribution < 1.29 is 9.84 Å². The number of ether oxygens (including phenoxy) is 1. The van der Waals surface area contributed by atoms with Crippen LogP contribution in [0.5, 0.6) is 0 Å². The van der Waals surface area contributed by atoms with Crippen molar-refractivity contribution >= 4 is 0 Å². The SMILES string of the molecule is COCC(O)Cc1c(-c2c[c]c(C)cc2)n[nH]c1C. The Morgan fingerprint density at radius 1 is 1.42 bits per heavy atom. The molecule has 2 rings (SSSR count). The van der Waals surface area contributed by atoms with Crippen LogP contribution in [-0.2, 0) is 11.2 Å². The first kappa shape index (κ1) is 13.8. The lowest BCUT2D eigenvalue weighted by atomic mass is 10.0. The number of benzene rings is 1. The molecule has 101 valence electrons. The lowest BCUT2D eigenvalue weighted by Gasteiger charge is -2.10. The number of methoxy groups -OCH3 is 1. The molecular weight excluding hydrogens is 240 g/mol. The molecule has 0 fully saturated rings. The summed E-state index contributed by atoms with van der Waals surface area (Å²) in [6, 6.07) is 9.13. The van der Waals surface area contributed by atoms with E-state index < -0.39 is 6.10 Å². The third-order valence-corrected chi connectivity index (χ3v) is 3.11. The molecule has 0 aliphatic carbocycles. The summed E-state index contributed by atoms with van der Waals surface area (Å²) in [7, 11) is 1.58. The van der Waals surface area contributed by atoms with Gasteiger partial charge < -0.3 is 9.84 Å². The van der Waals surface area contributed by atoms with Crippen LogP contribution >= 0.6 is 0 Å². The van der Waals surface area contributed by atoms with E-state index in [-0.39, 0.29) is 0 Å². The maximum absolute atomic E-state index is 9.89. The van der Waals surface area contributed by atoms with Crippen molar-refractivity contribution in [1.82, 2.24) is 10.2 Å². The summed E-state index contributed by atoms with van der Waals surface area (Å²) in [6.45, 7) is 4.29. The van der Waals surface area contributed by atoms with Gasteiger partial charge in [-0.1, -0.05) is 12.1 Å². The van der Waals surface area contributed by atoms with E-state index in [0.29, 0.717) is 13.0 Å². The molecule has 2 aromatic rings. The second-order valence-corrected chi connectivity index (χ2v) is 4.75. The molecule has 1 atom stereocenters. The number of nitrogens with one attached hydrogen (secondary N) is 1. The van der Waals surface area contributed by atoms with E-state index in [9.17, 15) is 5.11 Å². The largest absolute Gasteiger partial charge is 0.390 e. The van der Waals surface area contributed by atoms with Crippen LogP contribution in [-0.4, -0.2) is 35.1 Å². The van der Waals surface area contributed by atoms with Crippen LogP contribution < -0.4 is 0 Å². The number of aromatic amines is 1. The number of aromatic nitrogens is 2. The third-order valence-electron chi connectivity index (χ3n) is 3.11. The Kier molecular flexibility index (Phi) is 4.35. The van der Waals surface area contributed by atoms with Gasteiger partial charge in [-0.2, -0.15) is 5.10 Å². The fraction of sp³-hybridized carbons (Fsp3) is 0.400. The number of aliphatic hydroxyl groups excluding tert-OH is 1. The van der Waals surface area contributed by atoms with Crippen LogP contribution in [0.1, 0.15) is 16.8 Å². The monoisotopic (exact) mass is 259 g/mol. The minimum absolute atomic E-state index is 0.323. The fourth-order valence-corrected chi connectivity index (χ4v) is 2.08. The lowest BCUT2D eigenvalue weighted by molar-refractivity contribution is 0.0650. The zero-order chi connectivity index (χ0) is 13.8. The van der Waals surface area contributed by atoms with Gasteiger partial charge in [0.15, 0.2) is 0 Å². The Bertz CT molecular complexity index is 532. The number of hydrogen-bond acceptors (Lipinski definition) is 3. The average molecular weight is 259 g/mol. The van der Waals surface area contributed by atoms with Crippen molar-refractivity contribution in [1.29, 1.82) is 0 Å². The Balaban J connectivity index is 2.29. The number of aliphatic hydroxyl groups is 1. The second-order valence-electron chi connectivity index (χ2n) is 4.75. The van der Waals surface area contributed by atoms with Crippen molar-refractivity contribution in [3.63, 3.8) is 0 Å². The average Bonchev–Trinajstić information content (AvgIpc) is 2.73. The van der Waals surface area contributed by atoms with E-state index in [4.69, 9.17) is 4.74 Å². The smallest absolute Gasteiger partial charge is 0.0956 e. The molecule has 19 heavy (non-hydrogen) atoms. The van der Waals surface area contributed by atoms with E-state index in [2.05, 4.69) is 16.3 Å². The summed E-state index contributed by atoms with van der Waals surface area (Å²) in [5, 5.41) is 17.2. The van der Waals surface area contributed by atoms with Gasteiger partial charge in [0.25, 0.3) is 0 Å². The minimum atomic E-state index is -0.519. The van der Waals surface area contributed by atoms with Gasteiger partial charge in [0, 0.05) is 30.4 Å². The molecule has 0 aliphatic rings. The van der Waals surface area contributed by atoms with Gasteiger partial charge in [-0.15, -0.1) is 0 Å². The predicted octanol–water partition coefficient (Wildman–Crippen LogP) is 2.04. The number of nitrogens with zero attached hydrogens (tertiary/aromatic N) is 1. The molecule has 0 saturated heterocycles. The molecule has 4 nitrogen and oxygen atoms in total. The van der Waals surface area contributed by atoms with Crippen LogP contribution in [0.15, 0.2) is 18.2 Å². The van der Waals surface area contributed by atoms with Crippen molar-refractivity contribution in [3.8, 4) is 11.3 Å². The number of H-pyrrole nitrogens is 1. The molecular formula is C15H19N2O2. The molecule has 0 aliphatic heterocycles. The quantitative estimate of drug-likeness (QED) is 0.864. The van der Waals surface area contributed by atoms with Crippen molar-refractivity contribution in [2.45, 2.75) is 26.4 Å². The molecule has 1 radical (unpaired) electrons. The molecule has 4 heteroatoms. The van der Waals surface area contributed by atoms with Gasteiger partial charge in [0.1, 0.15) is 0 Å². The van der Waals surface area contributed by atoms with Crippen LogP contribution in [0.25, 0.3) is 11.3 Å². The Morgan fingerprint density at radius 2 is 2.21 bits per heavy atom. The topological polar surface area (TPSA) is 58.1 Å². The van der Waals surface area contributed by atoms with E-state index >= 15 is 0 Å². The Labute approximate surface area is 113 Å². The van der Waals surface area contributed by atoms with E-state index in [1.54, 1.807) is 7.11 Å². The van der Waals surface area contributed by atoms with Gasteiger partial charge in [-0.25, -0.2) is 0 Å². The second kappa shape index (κ2) is 5.99. The first-order valence-electron chi connectivity index (χ1n) is 6.31. The molecule has 0 amide bonds. The summed E-state index contributed by atoms with van der Waals surface area (Å²) in [5.41, 5.74) is 4.99. The Morgan fingerprint density at radius 3 is 2.84 bits per heavy atom. The molecule has 1 aromatic carbocycles. The van der Waals surface area contributed by atoms with E-state index in [1.807, 2.05) is 32.0 Å². The first-order chi connectivity index (χ1) is 9.11. The summed E-state index contributed by atoms with van der Waals surface area (Å²) < 4.78 is 4.97. The molecule has 1 heterocycles. The highest BCUT2D eigenvalue weighted by atomic mass is 16.5. The summed E-state index contributed by atoms with van der Waals surface area (Å²) in [5.74, 6) is 0. The zero-order valence-corrected chi connectivity index (χ0v) is 11.5. The standard InChI is InChI=1S/C15H19N2O2/c1-10-4-6-12(7-5-10)15-14(11(2)16-17-15)8-13(18)9-19-3/h4,6-7,13,18H,8-9H2,1-3H3,(H,16,17). The highest BCUT2D eigenvalue weighted by Crippen LogP contribution is 2.25. The Hall–Kier alpha value is -1.65. The van der Waals surface area contributed by atoms with Gasteiger partial charge in [-0.05, 0) is 31.5 Å². The van der Waals surface area contributed by atoms with Crippen molar-refractivity contribution in [3.05, 3.63) is 41.1 Å². The maximum Gasteiger partial charge on any atom is 0.0956 e. The summed E-state index contributed by atoms with van der Waals surface area (Å²) >= 11 is 0. The van der Waals surface area contributed by atoms with Crippen LogP contribution in [0.4, 0.5) is 0 Å². The van der Waals surface area contributed by atoms with Gasteiger partial charge >= 0.3 is 0 Å². The normalized spacial score (nSPS) is 12.6. The number of hydrogen-bond donors (Lipinski definition) is 2. The molecule has 0 saturated carbocycles. The highest BCUT2D eigenvalue weighted by molar-refractivity contribution is 5.64. The first-order valence-corrected chi connectivity index (χ1v) is 6.31. The van der Waals surface area contributed by atoms with Gasteiger partial charge in [-0.3, -0.25) is 5.10 Å². The molecule has 1 unspecified atom stereocenters. The lowest BCUT2D eigenvalue weighted by Crippen LogP contribution is -2.17. The highest BCUT2D eigenvalue weighted by Gasteiger charge is 2.16. The third kappa shape index (κ3) is 3.22. The summed E-state index contributed by atoms with van der Waals surface area (Å²) in [4.78, 5) is 0. The number of aryl methyl sites for hydroxylation is 2. The zero-order valence-electron chi connectivity index (χ0n) is 11.5. The fourth-order valence-electron chi connectivity index (χ4n) is 2.08. The van der Waals surface area contributed by atoms with Gasteiger partial charge in [0.2, 0.25) is 0 Å². The molecule has 1 aromatic heterocycles. The molecule has 0 bridgehead atoms.